The number of unbranched alkanes of at least 4 members (excludes halogenated alkanes) is 5. The maximum Gasteiger partial charge on any atom is 0.305 e. The second-order valence-electron chi connectivity index (χ2n) is 4.20. The topological polar surface area (TPSA) is 52.6 Å². The number of ether oxygens (including phenoxy) is 2. The third kappa shape index (κ3) is 11.2. The summed E-state index contributed by atoms with van der Waals surface area (Å²) in [5.74, 6) is -0.829. The number of hydrogen-bond acceptors (Lipinski definition) is 4. The first-order chi connectivity index (χ1) is 8.06. The van der Waals surface area contributed by atoms with E-state index in [1.54, 1.807) is 0 Å². The van der Waals surface area contributed by atoms with Crippen LogP contribution in [0.4, 0.5) is 0 Å². The molecule has 0 radical (unpaired) electrons. The second-order valence-corrected chi connectivity index (χ2v) is 4.20. The van der Waals surface area contributed by atoms with Crippen LogP contribution in [0.3, 0.4) is 0 Å². The Bertz CT molecular complexity index is 209. The van der Waals surface area contributed by atoms with Crippen molar-refractivity contribution in [3.63, 3.8) is 0 Å². The van der Waals surface area contributed by atoms with E-state index < -0.39 is 18.2 Å². The van der Waals surface area contributed by atoms with Gasteiger partial charge in [0.1, 0.15) is 0 Å². The van der Waals surface area contributed by atoms with Gasteiger partial charge in [-0.05, 0) is 6.42 Å². The SMILES string of the molecule is CCCCCCCCC(OC(C)=O)OC(C)=O. The van der Waals surface area contributed by atoms with Crippen LogP contribution in [0.15, 0.2) is 0 Å². The lowest BCUT2D eigenvalue weighted by Crippen LogP contribution is -2.22. The maximum atomic E-state index is 10.8. The van der Waals surface area contributed by atoms with Crippen LogP contribution in [0.2, 0.25) is 0 Å². The molecular formula is C13H24O4. The van der Waals surface area contributed by atoms with E-state index in [-0.39, 0.29) is 0 Å². The molecule has 0 aliphatic heterocycles. The van der Waals surface area contributed by atoms with E-state index in [4.69, 9.17) is 9.47 Å². The largest absolute Gasteiger partial charge is 0.425 e. The molecule has 0 aromatic carbocycles. The van der Waals surface area contributed by atoms with Crippen LogP contribution in [-0.4, -0.2) is 18.2 Å². The van der Waals surface area contributed by atoms with Crippen molar-refractivity contribution in [2.45, 2.75) is 72.0 Å². The Morgan fingerprint density at radius 2 is 1.35 bits per heavy atom. The number of carbonyl (C=O) groups excluding carboxylic acids is 2. The fourth-order valence-corrected chi connectivity index (χ4v) is 1.60. The summed E-state index contributed by atoms with van der Waals surface area (Å²) in [5.41, 5.74) is 0. The van der Waals surface area contributed by atoms with Gasteiger partial charge in [-0.1, -0.05) is 39.0 Å². The lowest BCUT2D eigenvalue weighted by Gasteiger charge is -2.16. The van der Waals surface area contributed by atoms with Crippen molar-refractivity contribution in [1.29, 1.82) is 0 Å². The van der Waals surface area contributed by atoms with Crippen LogP contribution in [0, 0.1) is 0 Å². The van der Waals surface area contributed by atoms with Crippen molar-refractivity contribution in [2.24, 2.45) is 0 Å². The van der Waals surface area contributed by atoms with Crippen molar-refractivity contribution in [2.75, 3.05) is 0 Å². The van der Waals surface area contributed by atoms with Crippen LogP contribution in [0.5, 0.6) is 0 Å². The monoisotopic (exact) mass is 244 g/mol. The van der Waals surface area contributed by atoms with Gasteiger partial charge in [0.2, 0.25) is 6.29 Å². The van der Waals surface area contributed by atoms with Crippen LogP contribution in [0.1, 0.15) is 65.7 Å². The van der Waals surface area contributed by atoms with E-state index in [2.05, 4.69) is 6.92 Å². The van der Waals surface area contributed by atoms with Crippen LogP contribution in [0.25, 0.3) is 0 Å². The number of rotatable bonds is 9. The summed E-state index contributed by atoms with van der Waals surface area (Å²) in [5, 5.41) is 0. The number of carbonyl (C=O) groups is 2. The molecular weight excluding hydrogens is 220 g/mol. The predicted molar refractivity (Wildman–Crippen MR) is 65.3 cm³/mol. The molecule has 0 heterocycles. The smallest absolute Gasteiger partial charge is 0.305 e. The van der Waals surface area contributed by atoms with Gasteiger partial charge < -0.3 is 9.47 Å². The first-order valence-corrected chi connectivity index (χ1v) is 6.40. The standard InChI is InChI=1S/C13H24O4/c1-4-5-6-7-8-9-10-13(16-11(2)14)17-12(3)15/h13H,4-10H2,1-3H3. The van der Waals surface area contributed by atoms with Crippen LogP contribution >= 0.6 is 0 Å². The fraction of sp³-hybridized carbons (Fsp3) is 0.846. The Morgan fingerprint density at radius 3 is 1.82 bits per heavy atom. The van der Waals surface area contributed by atoms with Crippen molar-refractivity contribution in [3.8, 4) is 0 Å². The summed E-state index contributed by atoms with van der Waals surface area (Å²) < 4.78 is 9.81. The van der Waals surface area contributed by atoms with Gasteiger partial charge in [0.25, 0.3) is 0 Å². The zero-order valence-corrected chi connectivity index (χ0v) is 11.2. The molecule has 0 saturated carbocycles. The van der Waals surface area contributed by atoms with Gasteiger partial charge in [-0.3, -0.25) is 9.59 Å². The Kier molecular flexibility index (Phi) is 9.49. The van der Waals surface area contributed by atoms with E-state index in [9.17, 15) is 9.59 Å². The molecule has 0 aliphatic rings. The van der Waals surface area contributed by atoms with E-state index in [0.29, 0.717) is 6.42 Å². The average Bonchev–Trinajstić information content (AvgIpc) is 2.21. The van der Waals surface area contributed by atoms with Gasteiger partial charge in [0.05, 0.1) is 0 Å². The number of esters is 2. The highest BCUT2D eigenvalue weighted by Crippen LogP contribution is 2.11. The van der Waals surface area contributed by atoms with E-state index >= 15 is 0 Å². The average molecular weight is 244 g/mol. The fourth-order valence-electron chi connectivity index (χ4n) is 1.60. The summed E-state index contributed by atoms with van der Waals surface area (Å²) >= 11 is 0. The van der Waals surface area contributed by atoms with Gasteiger partial charge in [0, 0.05) is 20.3 Å². The molecule has 0 spiro atoms. The normalized spacial score (nSPS) is 10.4. The molecule has 0 aliphatic carbocycles. The summed E-state index contributed by atoms with van der Waals surface area (Å²) in [6.45, 7) is 4.81. The molecule has 0 fully saturated rings. The Hall–Kier alpha value is -1.06. The number of hydrogen-bond donors (Lipinski definition) is 0. The summed E-state index contributed by atoms with van der Waals surface area (Å²) in [7, 11) is 0. The van der Waals surface area contributed by atoms with Crippen LogP contribution < -0.4 is 0 Å². The van der Waals surface area contributed by atoms with Gasteiger partial charge in [-0.15, -0.1) is 0 Å². The summed E-state index contributed by atoms with van der Waals surface area (Å²) in [6, 6.07) is 0. The summed E-state index contributed by atoms with van der Waals surface area (Å²) in [4.78, 5) is 21.6. The second kappa shape index (κ2) is 10.1. The Balaban J connectivity index is 3.68. The van der Waals surface area contributed by atoms with E-state index in [0.717, 1.165) is 12.8 Å². The van der Waals surface area contributed by atoms with Crippen molar-refractivity contribution < 1.29 is 19.1 Å². The maximum absolute atomic E-state index is 10.8. The van der Waals surface area contributed by atoms with Crippen molar-refractivity contribution in [1.82, 2.24) is 0 Å². The molecule has 0 atom stereocenters. The predicted octanol–water partition coefficient (Wildman–Crippen LogP) is 3.19. The van der Waals surface area contributed by atoms with E-state index in [1.165, 1.54) is 39.5 Å². The molecule has 4 heteroatoms. The highest BCUT2D eigenvalue weighted by molar-refractivity contribution is 5.68. The van der Waals surface area contributed by atoms with Gasteiger partial charge in [-0.25, -0.2) is 0 Å². The molecule has 0 N–H and O–H groups in total. The molecule has 17 heavy (non-hydrogen) atoms. The minimum atomic E-state index is -0.712. The Morgan fingerprint density at radius 1 is 0.882 bits per heavy atom. The first-order valence-electron chi connectivity index (χ1n) is 6.40. The molecule has 0 bridgehead atoms. The highest BCUT2D eigenvalue weighted by atomic mass is 16.7. The molecule has 0 saturated heterocycles. The highest BCUT2D eigenvalue weighted by Gasteiger charge is 2.14. The van der Waals surface area contributed by atoms with Crippen molar-refractivity contribution in [3.05, 3.63) is 0 Å². The van der Waals surface area contributed by atoms with Gasteiger partial charge in [-0.2, -0.15) is 0 Å². The van der Waals surface area contributed by atoms with Crippen molar-refractivity contribution >= 4 is 11.9 Å². The molecule has 100 valence electrons. The minimum absolute atomic E-state index is 0.415. The first kappa shape index (κ1) is 15.9. The van der Waals surface area contributed by atoms with Gasteiger partial charge in [0.15, 0.2) is 0 Å². The van der Waals surface area contributed by atoms with Gasteiger partial charge >= 0.3 is 11.9 Å². The third-order valence-electron chi connectivity index (χ3n) is 2.39. The lowest BCUT2D eigenvalue weighted by atomic mass is 10.1. The quantitative estimate of drug-likeness (QED) is 0.355. The Labute approximate surface area is 104 Å². The molecule has 0 rings (SSSR count). The molecule has 0 aromatic rings. The minimum Gasteiger partial charge on any atom is -0.425 e. The molecule has 4 nitrogen and oxygen atoms in total. The zero-order chi connectivity index (χ0) is 13.1. The molecule has 0 aromatic heterocycles. The third-order valence-corrected chi connectivity index (χ3v) is 2.39. The molecule has 0 unspecified atom stereocenters. The van der Waals surface area contributed by atoms with Crippen LogP contribution in [-0.2, 0) is 19.1 Å². The molecule has 0 amide bonds. The zero-order valence-electron chi connectivity index (χ0n) is 11.2. The lowest BCUT2D eigenvalue weighted by molar-refractivity contribution is -0.185. The van der Waals surface area contributed by atoms with E-state index in [1.807, 2.05) is 0 Å². The summed E-state index contributed by atoms with van der Waals surface area (Å²) in [6.07, 6.45) is 6.78.